The van der Waals surface area contributed by atoms with Crippen molar-refractivity contribution < 1.29 is 9.59 Å². The summed E-state index contributed by atoms with van der Waals surface area (Å²) in [4.78, 5) is 25.5. The zero-order valence-corrected chi connectivity index (χ0v) is 20.7. The first-order chi connectivity index (χ1) is 15.6. The fourth-order valence-electron chi connectivity index (χ4n) is 6.06. The van der Waals surface area contributed by atoms with Crippen molar-refractivity contribution in [1.29, 1.82) is 0 Å². The van der Waals surface area contributed by atoms with Gasteiger partial charge < -0.3 is 0 Å². The topological polar surface area (TPSA) is 34.1 Å². The van der Waals surface area contributed by atoms with E-state index < -0.39 is 0 Å². The van der Waals surface area contributed by atoms with Crippen molar-refractivity contribution in [3.63, 3.8) is 0 Å². The number of hydrogen-bond donors (Lipinski definition) is 0. The molecule has 2 unspecified atom stereocenters. The van der Waals surface area contributed by atoms with E-state index in [0.29, 0.717) is 24.7 Å². The number of benzene rings is 1. The molecular formula is C30H46O2. The van der Waals surface area contributed by atoms with Crippen LogP contribution in [0.25, 0.3) is 0 Å². The first-order valence-corrected chi connectivity index (χ1v) is 13.7. The number of rotatable bonds is 12. The number of ketones is 2. The highest BCUT2D eigenvalue weighted by molar-refractivity contribution is 6.03. The van der Waals surface area contributed by atoms with Crippen LogP contribution in [0.1, 0.15) is 127 Å². The normalized spacial score (nSPS) is 26.2. The summed E-state index contributed by atoms with van der Waals surface area (Å²) >= 11 is 0. The first kappa shape index (κ1) is 25.2. The third-order valence-corrected chi connectivity index (χ3v) is 8.24. The van der Waals surface area contributed by atoms with Crippen LogP contribution in [0, 0.1) is 17.8 Å². The molecule has 32 heavy (non-hydrogen) atoms. The summed E-state index contributed by atoms with van der Waals surface area (Å²) in [7, 11) is 0. The molecule has 0 radical (unpaired) electrons. The Bertz CT molecular complexity index is 696. The molecule has 0 N–H and O–H groups in total. The second kappa shape index (κ2) is 13.3. The average Bonchev–Trinajstić information content (AvgIpc) is 2.80. The van der Waals surface area contributed by atoms with Crippen LogP contribution < -0.4 is 0 Å². The molecule has 178 valence electrons. The summed E-state index contributed by atoms with van der Waals surface area (Å²) in [5.74, 6) is 2.14. The minimum absolute atomic E-state index is 0.141. The Morgan fingerprint density at radius 2 is 1.38 bits per heavy atom. The van der Waals surface area contributed by atoms with Gasteiger partial charge in [0, 0.05) is 12.8 Å². The molecular weight excluding hydrogens is 392 g/mol. The predicted molar refractivity (Wildman–Crippen MR) is 134 cm³/mol. The van der Waals surface area contributed by atoms with Crippen molar-refractivity contribution in [3.8, 4) is 0 Å². The highest BCUT2D eigenvalue weighted by Gasteiger charge is 2.33. The van der Waals surface area contributed by atoms with Gasteiger partial charge in [0.05, 0.1) is 5.92 Å². The summed E-state index contributed by atoms with van der Waals surface area (Å²) in [5, 5.41) is 0. The quantitative estimate of drug-likeness (QED) is 0.243. The van der Waals surface area contributed by atoms with Crippen molar-refractivity contribution in [2.75, 3.05) is 0 Å². The molecule has 2 aliphatic carbocycles. The minimum atomic E-state index is -0.347. The molecule has 0 bridgehead atoms. The third kappa shape index (κ3) is 7.56. The molecule has 1 aromatic rings. The van der Waals surface area contributed by atoms with E-state index in [1.807, 2.05) is 0 Å². The summed E-state index contributed by atoms with van der Waals surface area (Å²) in [6.07, 6.45) is 18.6. The van der Waals surface area contributed by atoms with Crippen molar-refractivity contribution in [1.82, 2.24) is 0 Å². The Labute approximate surface area is 197 Å². The van der Waals surface area contributed by atoms with E-state index in [1.54, 1.807) is 0 Å². The molecule has 2 atom stereocenters. The molecule has 3 rings (SSSR count). The average molecular weight is 439 g/mol. The van der Waals surface area contributed by atoms with Crippen LogP contribution in [0.2, 0.25) is 0 Å². The standard InChI is InChI=1S/C30H46O2/c1-3-5-7-9-23-11-16-26(17-12-23)27-18-13-25(14-19-27)22-30(32)28-20-15-24(21-29(28)31)10-8-6-4-2/h13-14,18-19,23-24,26,28H,3-12,15-17,20-22H2,1-2H3. The van der Waals surface area contributed by atoms with Crippen LogP contribution in [0.4, 0.5) is 0 Å². The summed E-state index contributed by atoms with van der Waals surface area (Å²) in [6, 6.07) is 8.77. The van der Waals surface area contributed by atoms with Gasteiger partial charge in [-0.05, 0) is 67.4 Å². The summed E-state index contributed by atoms with van der Waals surface area (Å²) < 4.78 is 0. The van der Waals surface area contributed by atoms with E-state index in [9.17, 15) is 9.59 Å². The zero-order valence-electron chi connectivity index (χ0n) is 20.7. The number of carbonyl (C=O) groups is 2. The van der Waals surface area contributed by atoms with Gasteiger partial charge in [-0.15, -0.1) is 0 Å². The first-order valence-electron chi connectivity index (χ1n) is 13.7. The lowest BCUT2D eigenvalue weighted by atomic mass is 9.76. The maximum Gasteiger partial charge on any atom is 0.147 e. The Hall–Kier alpha value is -1.44. The lowest BCUT2D eigenvalue weighted by Crippen LogP contribution is -2.32. The van der Waals surface area contributed by atoms with E-state index >= 15 is 0 Å². The number of Topliss-reactive ketones (excluding diaryl/α,β-unsaturated/α-hetero) is 2. The van der Waals surface area contributed by atoms with E-state index in [1.165, 1.54) is 76.2 Å². The van der Waals surface area contributed by atoms with Crippen molar-refractivity contribution in [2.24, 2.45) is 17.8 Å². The molecule has 0 heterocycles. The highest BCUT2D eigenvalue weighted by Crippen LogP contribution is 2.38. The van der Waals surface area contributed by atoms with Gasteiger partial charge in [0.15, 0.2) is 0 Å². The van der Waals surface area contributed by atoms with Crippen LogP contribution in [0.3, 0.4) is 0 Å². The molecule has 0 aliphatic heterocycles. The Morgan fingerprint density at radius 3 is 1.97 bits per heavy atom. The van der Waals surface area contributed by atoms with Crippen LogP contribution >= 0.6 is 0 Å². The molecule has 0 saturated heterocycles. The van der Waals surface area contributed by atoms with Crippen LogP contribution in [0.15, 0.2) is 24.3 Å². The van der Waals surface area contributed by atoms with Gasteiger partial charge >= 0.3 is 0 Å². The van der Waals surface area contributed by atoms with E-state index in [0.717, 1.165) is 30.7 Å². The minimum Gasteiger partial charge on any atom is -0.299 e. The molecule has 2 nitrogen and oxygen atoms in total. The van der Waals surface area contributed by atoms with Crippen molar-refractivity contribution in [3.05, 3.63) is 35.4 Å². The van der Waals surface area contributed by atoms with E-state index in [-0.39, 0.29) is 17.5 Å². The SMILES string of the molecule is CCCCCC1CCC(c2ccc(CC(=O)C3CCC(CCCCC)CC3=O)cc2)CC1. The maximum absolute atomic E-state index is 12.9. The van der Waals surface area contributed by atoms with Gasteiger partial charge in [-0.1, -0.05) is 89.5 Å². The molecule has 2 heteroatoms. The smallest absolute Gasteiger partial charge is 0.147 e. The summed E-state index contributed by atoms with van der Waals surface area (Å²) in [6.45, 7) is 4.50. The maximum atomic E-state index is 12.9. The predicted octanol–water partition coefficient (Wildman–Crippen LogP) is 8.22. The third-order valence-electron chi connectivity index (χ3n) is 8.24. The fraction of sp³-hybridized carbons (Fsp3) is 0.733. The Morgan fingerprint density at radius 1 is 0.781 bits per heavy atom. The number of hydrogen-bond acceptors (Lipinski definition) is 2. The van der Waals surface area contributed by atoms with Crippen LogP contribution in [-0.2, 0) is 16.0 Å². The molecule has 2 aliphatic rings. The van der Waals surface area contributed by atoms with E-state index in [2.05, 4.69) is 38.1 Å². The van der Waals surface area contributed by atoms with Gasteiger partial charge in [0.25, 0.3) is 0 Å². The molecule has 0 amide bonds. The molecule has 0 spiro atoms. The molecule has 0 aromatic heterocycles. The van der Waals surface area contributed by atoms with Crippen LogP contribution in [0.5, 0.6) is 0 Å². The number of unbranched alkanes of at least 4 members (excludes halogenated alkanes) is 4. The lowest BCUT2D eigenvalue weighted by Gasteiger charge is -2.29. The van der Waals surface area contributed by atoms with Gasteiger partial charge in [0.2, 0.25) is 0 Å². The monoisotopic (exact) mass is 438 g/mol. The highest BCUT2D eigenvalue weighted by atomic mass is 16.1. The fourth-order valence-corrected chi connectivity index (χ4v) is 6.06. The summed E-state index contributed by atoms with van der Waals surface area (Å²) in [5.41, 5.74) is 2.52. The largest absolute Gasteiger partial charge is 0.299 e. The lowest BCUT2D eigenvalue weighted by molar-refractivity contribution is -0.135. The molecule has 2 saturated carbocycles. The van der Waals surface area contributed by atoms with Gasteiger partial charge in [-0.25, -0.2) is 0 Å². The van der Waals surface area contributed by atoms with E-state index in [4.69, 9.17) is 0 Å². The van der Waals surface area contributed by atoms with Crippen LogP contribution in [-0.4, -0.2) is 11.6 Å². The van der Waals surface area contributed by atoms with Gasteiger partial charge in [-0.2, -0.15) is 0 Å². The van der Waals surface area contributed by atoms with Crippen molar-refractivity contribution >= 4 is 11.6 Å². The van der Waals surface area contributed by atoms with Crippen molar-refractivity contribution in [2.45, 2.75) is 122 Å². The molecule has 2 fully saturated rings. The second-order valence-corrected chi connectivity index (χ2v) is 10.8. The van der Waals surface area contributed by atoms with Gasteiger partial charge in [0.1, 0.15) is 11.6 Å². The molecule has 1 aromatic carbocycles. The Kier molecular flexibility index (Phi) is 10.5. The zero-order chi connectivity index (χ0) is 22.8. The van der Waals surface area contributed by atoms with Gasteiger partial charge in [-0.3, -0.25) is 9.59 Å². The second-order valence-electron chi connectivity index (χ2n) is 10.8. The Balaban J connectivity index is 1.43. The number of carbonyl (C=O) groups excluding carboxylic acids is 2.